The summed E-state index contributed by atoms with van der Waals surface area (Å²) in [5.41, 5.74) is 0.778. The second kappa shape index (κ2) is 5.38. The average molecular weight is 275 g/mol. The summed E-state index contributed by atoms with van der Waals surface area (Å²) in [7, 11) is 0. The Morgan fingerprint density at radius 2 is 1.85 bits per heavy atom. The molecule has 0 radical (unpaired) electrons. The van der Waals surface area contributed by atoms with Crippen LogP contribution >= 0.6 is 0 Å². The number of aromatic carboxylic acids is 1. The van der Waals surface area contributed by atoms with E-state index in [2.05, 4.69) is 15.1 Å². The van der Waals surface area contributed by atoms with Crippen LogP contribution in [0.25, 0.3) is 0 Å². The minimum Gasteiger partial charge on any atom is -0.478 e. The second-order valence-corrected chi connectivity index (χ2v) is 6.12. The third-order valence-corrected chi connectivity index (χ3v) is 4.97. The van der Waals surface area contributed by atoms with Gasteiger partial charge in [0.25, 0.3) is 0 Å². The van der Waals surface area contributed by atoms with Crippen molar-refractivity contribution in [2.45, 2.75) is 44.9 Å². The zero-order chi connectivity index (χ0) is 14.0. The number of carboxylic acids is 1. The molecule has 1 saturated carbocycles. The van der Waals surface area contributed by atoms with E-state index in [1.165, 1.54) is 44.4 Å². The lowest BCUT2D eigenvalue weighted by atomic mass is 9.68. The van der Waals surface area contributed by atoms with Gasteiger partial charge in [-0.25, -0.2) is 4.79 Å². The molecular weight excluding hydrogens is 254 g/mol. The first-order chi connectivity index (χ1) is 9.70. The minimum absolute atomic E-state index is 0.264. The van der Waals surface area contributed by atoms with Crippen LogP contribution in [-0.4, -0.2) is 34.4 Å². The van der Waals surface area contributed by atoms with Gasteiger partial charge in [0.1, 0.15) is 5.56 Å². The quantitative estimate of drug-likeness (QED) is 0.899. The van der Waals surface area contributed by atoms with E-state index in [1.54, 1.807) is 0 Å². The Balaban J connectivity index is 1.73. The predicted octanol–water partition coefficient (Wildman–Crippen LogP) is 2.73. The Labute approximate surface area is 119 Å². The Morgan fingerprint density at radius 1 is 1.15 bits per heavy atom. The number of carbonyl (C=O) groups is 1. The maximum Gasteiger partial charge on any atom is 0.339 e. The monoisotopic (exact) mass is 275 g/mol. The SMILES string of the molecule is O=C(O)c1ccnnc1N1CCC2(CCCCC2)CC1. The molecular formula is C15H21N3O2. The highest BCUT2D eigenvalue weighted by Crippen LogP contribution is 2.45. The van der Waals surface area contributed by atoms with Crippen LogP contribution in [0.4, 0.5) is 5.82 Å². The molecule has 5 nitrogen and oxygen atoms in total. The summed E-state index contributed by atoms with van der Waals surface area (Å²) in [6.07, 6.45) is 10.5. The Bertz CT molecular complexity index is 488. The lowest BCUT2D eigenvalue weighted by Gasteiger charge is -2.44. The molecule has 1 aliphatic heterocycles. The fourth-order valence-electron chi connectivity index (χ4n) is 3.72. The maximum atomic E-state index is 11.3. The van der Waals surface area contributed by atoms with Crippen LogP contribution in [0, 0.1) is 5.41 Å². The van der Waals surface area contributed by atoms with Gasteiger partial charge in [-0.05, 0) is 37.2 Å². The zero-order valence-electron chi connectivity index (χ0n) is 11.7. The van der Waals surface area contributed by atoms with Crippen molar-refractivity contribution in [2.75, 3.05) is 18.0 Å². The number of anilines is 1. The number of nitrogens with zero attached hydrogens (tertiary/aromatic N) is 3. The van der Waals surface area contributed by atoms with Crippen LogP contribution in [0.5, 0.6) is 0 Å². The number of hydrogen-bond acceptors (Lipinski definition) is 4. The van der Waals surface area contributed by atoms with Gasteiger partial charge in [-0.1, -0.05) is 19.3 Å². The van der Waals surface area contributed by atoms with Gasteiger partial charge in [0.2, 0.25) is 0 Å². The Kier molecular flexibility index (Phi) is 3.59. The molecule has 3 rings (SSSR count). The lowest BCUT2D eigenvalue weighted by Crippen LogP contribution is -2.42. The summed E-state index contributed by atoms with van der Waals surface area (Å²) in [5.74, 6) is -0.390. The maximum absolute atomic E-state index is 11.3. The van der Waals surface area contributed by atoms with E-state index in [1.807, 2.05) is 0 Å². The molecule has 1 aromatic heterocycles. The highest BCUT2D eigenvalue weighted by Gasteiger charge is 2.36. The van der Waals surface area contributed by atoms with E-state index in [9.17, 15) is 9.90 Å². The van der Waals surface area contributed by atoms with Gasteiger partial charge in [-0.3, -0.25) is 0 Å². The molecule has 0 atom stereocenters. The van der Waals surface area contributed by atoms with Crippen molar-refractivity contribution in [3.8, 4) is 0 Å². The molecule has 1 saturated heterocycles. The Morgan fingerprint density at radius 3 is 2.50 bits per heavy atom. The van der Waals surface area contributed by atoms with Crippen molar-refractivity contribution in [3.05, 3.63) is 17.8 Å². The third-order valence-electron chi connectivity index (χ3n) is 4.97. The van der Waals surface area contributed by atoms with E-state index in [0.29, 0.717) is 11.2 Å². The van der Waals surface area contributed by atoms with Gasteiger partial charge in [0.15, 0.2) is 5.82 Å². The number of aromatic nitrogens is 2. The summed E-state index contributed by atoms with van der Waals surface area (Å²) in [4.78, 5) is 13.4. The number of piperidine rings is 1. The summed E-state index contributed by atoms with van der Waals surface area (Å²) in [5, 5.41) is 17.1. The normalized spacial score (nSPS) is 21.9. The van der Waals surface area contributed by atoms with Crippen LogP contribution < -0.4 is 4.90 Å². The van der Waals surface area contributed by atoms with Gasteiger partial charge >= 0.3 is 5.97 Å². The van der Waals surface area contributed by atoms with E-state index >= 15 is 0 Å². The third kappa shape index (κ3) is 2.49. The summed E-state index contributed by atoms with van der Waals surface area (Å²) in [6, 6.07) is 1.54. The molecule has 20 heavy (non-hydrogen) atoms. The van der Waals surface area contributed by atoms with E-state index in [4.69, 9.17) is 0 Å². The average Bonchev–Trinajstić information content (AvgIpc) is 2.49. The Hall–Kier alpha value is -1.65. The number of hydrogen-bond donors (Lipinski definition) is 1. The molecule has 0 bridgehead atoms. The van der Waals surface area contributed by atoms with E-state index in [0.717, 1.165) is 25.9 Å². The molecule has 0 unspecified atom stereocenters. The summed E-state index contributed by atoms with van der Waals surface area (Å²) < 4.78 is 0. The van der Waals surface area contributed by atoms with Crippen molar-refractivity contribution < 1.29 is 9.90 Å². The molecule has 1 spiro atoms. The molecule has 108 valence electrons. The summed E-state index contributed by atoms with van der Waals surface area (Å²) >= 11 is 0. The van der Waals surface area contributed by atoms with E-state index in [-0.39, 0.29) is 5.56 Å². The molecule has 1 N–H and O–H groups in total. The van der Waals surface area contributed by atoms with Crippen molar-refractivity contribution in [1.82, 2.24) is 10.2 Å². The van der Waals surface area contributed by atoms with Gasteiger partial charge in [-0.2, -0.15) is 5.10 Å². The fraction of sp³-hybridized carbons (Fsp3) is 0.667. The molecule has 1 aliphatic carbocycles. The van der Waals surface area contributed by atoms with Gasteiger partial charge in [0, 0.05) is 13.1 Å². The van der Waals surface area contributed by atoms with Crippen molar-refractivity contribution in [2.24, 2.45) is 5.41 Å². The first-order valence-corrected chi connectivity index (χ1v) is 7.50. The highest BCUT2D eigenvalue weighted by atomic mass is 16.4. The fourth-order valence-corrected chi connectivity index (χ4v) is 3.72. The number of carboxylic acid groups (broad SMARTS) is 1. The van der Waals surface area contributed by atoms with Crippen LogP contribution in [0.1, 0.15) is 55.3 Å². The molecule has 2 fully saturated rings. The van der Waals surface area contributed by atoms with Crippen LogP contribution in [-0.2, 0) is 0 Å². The molecule has 2 aliphatic rings. The minimum atomic E-state index is -0.923. The standard InChI is InChI=1S/C15H21N3O2/c19-14(20)12-4-9-16-17-13(12)18-10-7-15(8-11-18)5-2-1-3-6-15/h4,9H,1-3,5-8,10-11H2,(H,19,20). The molecule has 0 aromatic carbocycles. The number of rotatable bonds is 2. The van der Waals surface area contributed by atoms with Crippen LogP contribution in [0.2, 0.25) is 0 Å². The van der Waals surface area contributed by atoms with E-state index < -0.39 is 5.97 Å². The van der Waals surface area contributed by atoms with Crippen molar-refractivity contribution in [3.63, 3.8) is 0 Å². The van der Waals surface area contributed by atoms with Gasteiger partial charge < -0.3 is 10.0 Å². The van der Waals surface area contributed by atoms with Gasteiger partial charge in [-0.15, -0.1) is 5.10 Å². The molecule has 1 aromatic rings. The lowest BCUT2D eigenvalue weighted by molar-refractivity contribution is 0.0696. The van der Waals surface area contributed by atoms with Crippen molar-refractivity contribution in [1.29, 1.82) is 0 Å². The molecule has 2 heterocycles. The van der Waals surface area contributed by atoms with Crippen LogP contribution in [0.3, 0.4) is 0 Å². The van der Waals surface area contributed by atoms with Crippen molar-refractivity contribution >= 4 is 11.8 Å². The van der Waals surface area contributed by atoms with Crippen LogP contribution in [0.15, 0.2) is 12.3 Å². The first-order valence-electron chi connectivity index (χ1n) is 7.50. The summed E-state index contributed by atoms with van der Waals surface area (Å²) in [6.45, 7) is 1.80. The topological polar surface area (TPSA) is 66.3 Å². The highest BCUT2D eigenvalue weighted by molar-refractivity contribution is 5.93. The first kappa shape index (κ1) is 13.3. The largest absolute Gasteiger partial charge is 0.478 e. The smallest absolute Gasteiger partial charge is 0.339 e. The predicted molar refractivity (Wildman–Crippen MR) is 76.0 cm³/mol. The van der Waals surface area contributed by atoms with Gasteiger partial charge in [0.05, 0.1) is 6.20 Å². The molecule has 5 heteroatoms. The molecule has 0 amide bonds. The zero-order valence-corrected chi connectivity index (χ0v) is 11.7. The second-order valence-electron chi connectivity index (χ2n) is 6.12.